The molecule has 0 radical (unpaired) electrons. The molecule has 0 heterocycles. The van der Waals surface area contributed by atoms with Crippen LogP contribution in [0.1, 0.15) is 76.4 Å². The van der Waals surface area contributed by atoms with Gasteiger partial charge < -0.3 is 5.11 Å². The van der Waals surface area contributed by atoms with Crippen molar-refractivity contribution in [1.29, 1.82) is 0 Å². The van der Waals surface area contributed by atoms with Crippen LogP contribution in [0.5, 0.6) is 0 Å². The quantitative estimate of drug-likeness (QED) is 0.522. The second-order valence-corrected chi connectivity index (χ2v) is 5.88. The van der Waals surface area contributed by atoms with E-state index in [4.69, 9.17) is 11.6 Å². The maximum absolute atomic E-state index is 13.6. The summed E-state index contributed by atoms with van der Waals surface area (Å²) in [4.78, 5) is 0. The second-order valence-electron chi connectivity index (χ2n) is 5.45. The molecule has 1 rings (SSSR count). The molecule has 0 aliphatic heterocycles. The van der Waals surface area contributed by atoms with Gasteiger partial charge in [0.2, 0.25) is 0 Å². The first-order valence-electron chi connectivity index (χ1n) is 7.78. The van der Waals surface area contributed by atoms with Crippen LogP contribution in [0.3, 0.4) is 0 Å². The maximum atomic E-state index is 13.6. The summed E-state index contributed by atoms with van der Waals surface area (Å²) in [6.45, 7) is 2.22. The van der Waals surface area contributed by atoms with Crippen molar-refractivity contribution in [2.45, 2.75) is 70.8 Å². The monoisotopic (exact) mass is 300 g/mol. The summed E-state index contributed by atoms with van der Waals surface area (Å²) in [6, 6.07) is 4.46. The molecule has 114 valence electrons. The van der Waals surface area contributed by atoms with Crippen LogP contribution in [-0.2, 0) is 0 Å². The summed E-state index contributed by atoms with van der Waals surface area (Å²) in [5.74, 6) is -0.412. The van der Waals surface area contributed by atoms with Gasteiger partial charge in [-0.3, -0.25) is 0 Å². The van der Waals surface area contributed by atoms with Gasteiger partial charge in [0.1, 0.15) is 5.82 Å². The number of hydrogen-bond acceptors (Lipinski definition) is 1. The Hall–Kier alpha value is -0.600. The zero-order valence-electron chi connectivity index (χ0n) is 12.4. The summed E-state index contributed by atoms with van der Waals surface area (Å²) >= 11 is 5.70. The third kappa shape index (κ3) is 6.71. The average molecular weight is 301 g/mol. The van der Waals surface area contributed by atoms with Gasteiger partial charge in [-0.1, -0.05) is 76.0 Å². The van der Waals surface area contributed by atoms with Crippen LogP contribution in [-0.4, -0.2) is 5.11 Å². The SMILES string of the molecule is CCCCCCCCCCC(O)c1ccc(Cl)cc1F. The Morgan fingerprint density at radius 1 is 1.05 bits per heavy atom. The Kier molecular flexibility index (Phi) is 8.88. The zero-order chi connectivity index (χ0) is 14.8. The van der Waals surface area contributed by atoms with Crippen molar-refractivity contribution in [3.05, 3.63) is 34.6 Å². The molecule has 0 bridgehead atoms. The number of benzene rings is 1. The molecule has 0 saturated heterocycles. The normalized spacial score (nSPS) is 12.6. The van der Waals surface area contributed by atoms with E-state index in [0.29, 0.717) is 17.0 Å². The molecule has 0 aliphatic rings. The van der Waals surface area contributed by atoms with Crippen molar-refractivity contribution in [1.82, 2.24) is 0 Å². The lowest BCUT2D eigenvalue weighted by molar-refractivity contribution is 0.159. The van der Waals surface area contributed by atoms with Crippen LogP contribution in [0.25, 0.3) is 0 Å². The van der Waals surface area contributed by atoms with Gasteiger partial charge in [0.25, 0.3) is 0 Å². The molecular weight excluding hydrogens is 275 g/mol. The van der Waals surface area contributed by atoms with Gasteiger partial charge in [-0.05, 0) is 18.6 Å². The first-order valence-corrected chi connectivity index (χ1v) is 8.16. The molecule has 1 N–H and O–H groups in total. The van der Waals surface area contributed by atoms with Gasteiger partial charge in [0, 0.05) is 10.6 Å². The smallest absolute Gasteiger partial charge is 0.130 e. The molecule has 0 fully saturated rings. The molecule has 1 atom stereocenters. The summed E-state index contributed by atoms with van der Waals surface area (Å²) in [5, 5.41) is 10.3. The highest BCUT2D eigenvalue weighted by atomic mass is 35.5. The predicted molar refractivity (Wildman–Crippen MR) is 83.6 cm³/mol. The van der Waals surface area contributed by atoms with Gasteiger partial charge >= 0.3 is 0 Å². The molecule has 0 aromatic heterocycles. The van der Waals surface area contributed by atoms with Gasteiger partial charge in [-0.25, -0.2) is 4.39 Å². The minimum Gasteiger partial charge on any atom is -0.388 e. The molecule has 1 unspecified atom stereocenters. The second kappa shape index (κ2) is 10.2. The van der Waals surface area contributed by atoms with Crippen molar-refractivity contribution in [3.63, 3.8) is 0 Å². The van der Waals surface area contributed by atoms with Crippen molar-refractivity contribution < 1.29 is 9.50 Å². The topological polar surface area (TPSA) is 20.2 Å². The van der Waals surface area contributed by atoms with Crippen LogP contribution in [0.4, 0.5) is 4.39 Å². The number of aliphatic hydroxyl groups is 1. The lowest BCUT2D eigenvalue weighted by Crippen LogP contribution is -2.00. The predicted octanol–water partition coefficient (Wildman–Crippen LogP) is 6.04. The van der Waals surface area contributed by atoms with E-state index in [2.05, 4.69) is 6.92 Å². The van der Waals surface area contributed by atoms with E-state index in [1.165, 1.54) is 44.6 Å². The summed E-state index contributed by atoms with van der Waals surface area (Å²) in [5.41, 5.74) is 0.359. The Morgan fingerprint density at radius 3 is 2.25 bits per heavy atom. The van der Waals surface area contributed by atoms with E-state index in [9.17, 15) is 9.50 Å². The molecule has 1 aromatic rings. The first-order chi connectivity index (χ1) is 9.65. The van der Waals surface area contributed by atoms with E-state index in [0.717, 1.165) is 12.8 Å². The van der Waals surface area contributed by atoms with E-state index in [1.807, 2.05) is 0 Å². The van der Waals surface area contributed by atoms with Crippen LogP contribution < -0.4 is 0 Å². The lowest BCUT2D eigenvalue weighted by atomic mass is 10.0. The fourth-order valence-corrected chi connectivity index (χ4v) is 2.56. The van der Waals surface area contributed by atoms with Crippen molar-refractivity contribution in [2.24, 2.45) is 0 Å². The molecule has 20 heavy (non-hydrogen) atoms. The lowest BCUT2D eigenvalue weighted by Gasteiger charge is -2.12. The number of hydrogen-bond donors (Lipinski definition) is 1. The molecule has 0 aliphatic carbocycles. The number of halogens is 2. The molecule has 1 aromatic carbocycles. The summed E-state index contributed by atoms with van der Waals surface area (Å²) in [6.07, 6.45) is 9.67. The summed E-state index contributed by atoms with van der Waals surface area (Å²) in [7, 11) is 0. The van der Waals surface area contributed by atoms with Crippen molar-refractivity contribution >= 4 is 11.6 Å². The van der Waals surface area contributed by atoms with Gasteiger partial charge in [0.05, 0.1) is 6.10 Å². The van der Waals surface area contributed by atoms with E-state index in [1.54, 1.807) is 12.1 Å². The third-order valence-electron chi connectivity index (χ3n) is 3.65. The van der Waals surface area contributed by atoms with Gasteiger partial charge in [-0.15, -0.1) is 0 Å². The fraction of sp³-hybridized carbons (Fsp3) is 0.647. The molecule has 0 saturated carbocycles. The number of rotatable bonds is 10. The number of aliphatic hydroxyl groups excluding tert-OH is 1. The minimum atomic E-state index is -0.715. The van der Waals surface area contributed by atoms with Crippen LogP contribution in [0.2, 0.25) is 5.02 Å². The summed E-state index contributed by atoms with van der Waals surface area (Å²) < 4.78 is 13.6. The Balaban J connectivity index is 2.15. The molecule has 1 nitrogen and oxygen atoms in total. The van der Waals surface area contributed by atoms with Crippen LogP contribution in [0.15, 0.2) is 18.2 Å². The molecule has 0 amide bonds. The van der Waals surface area contributed by atoms with Gasteiger partial charge in [0.15, 0.2) is 0 Å². The highest BCUT2D eigenvalue weighted by Crippen LogP contribution is 2.25. The van der Waals surface area contributed by atoms with Crippen molar-refractivity contribution in [2.75, 3.05) is 0 Å². The highest BCUT2D eigenvalue weighted by Gasteiger charge is 2.12. The Bertz CT molecular complexity index is 381. The largest absolute Gasteiger partial charge is 0.388 e. The Labute approximate surface area is 127 Å². The average Bonchev–Trinajstić information content (AvgIpc) is 2.41. The highest BCUT2D eigenvalue weighted by molar-refractivity contribution is 6.30. The van der Waals surface area contributed by atoms with Crippen LogP contribution >= 0.6 is 11.6 Å². The maximum Gasteiger partial charge on any atom is 0.130 e. The van der Waals surface area contributed by atoms with Crippen LogP contribution in [0, 0.1) is 5.82 Å². The van der Waals surface area contributed by atoms with Crippen molar-refractivity contribution in [3.8, 4) is 0 Å². The first kappa shape index (κ1) is 17.5. The fourth-order valence-electron chi connectivity index (χ4n) is 2.40. The minimum absolute atomic E-state index is 0.359. The molecular formula is C17H26ClFO. The van der Waals surface area contributed by atoms with E-state index < -0.39 is 11.9 Å². The molecule has 3 heteroatoms. The molecule has 0 spiro atoms. The van der Waals surface area contributed by atoms with E-state index in [-0.39, 0.29) is 0 Å². The zero-order valence-corrected chi connectivity index (χ0v) is 13.1. The Morgan fingerprint density at radius 2 is 1.65 bits per heavy atom. The van der Waals surface area contributed by atoms with Gasteiger partial charge in [-0.2, -0.15) is 0 Å². The van der Waals surface area contributed by atoms with E-state index >= 15 is 0 Å². The number of unbranched alkanes of at least 4 members (excludes halogenated alkanes) is 7. The third-order valence-corrected chi connectivity index (χ3v) is 3.89. The standard InChI is InChI=1S/C17H26ClFO/c1-2-3-4-5-6-7-8-9-10-17(20)15-12-11-14(18)13-16(15)19/h11-13,17,20H,2-10H2,1H3.